The Morgan fingerprint density at radius 1 is 0.446 bits per heavy atom. The highest BCUT2D eigenvalue weighted by atomic mass is 16.6. The number of carbonyl (C=O) groups excluding carboxylic acids is 1. The van der Waals surface area contributed by atoms with E-state index in [9.17, 15) is 4.79 Å². The first-order chi connectivity index (χ1) is 27.8. The highest BCUT2D eigenvalue weighted by Gasteiger charge is 2.28. The van der Waals surface area contributed by atoms with Gasteiger partial charge in [0.1, 0.15) is 6.61 Å². The van der Waals surface area contributed by atoms with Gasteiger partial charge in [-0.15, -0.1) is 0 Å². The summed E-state index contributed by atoms with van der Waals surface area (Å²) in [4.78, 5) is 12.3. The van der Waals surface area contributed by atoms with Crippen LogP contribution in [0.2, 0.25) is 0 Å². The van der Waals surface area contributed by atoms with Crippen molar-refractivity contribution in [2.75, 3.05) is 159 Å². The van der Waals surface area contributed by atoms with Gasteiger partial charge in [-0.2, -0.15) is 0 Å². The molecule has 0 saturated carbocycles. The van der Waals surface area contributed by atoms with Crippen LogP contribution in [0, 0.1) is 0 Å². The summed E-state index contributed by atoms with van der Waals surface area (Å²) >= 11 is 0. The van der Waals surface area contributed by atoms with E-state index in [4.69, 9.17) is 56.8 Å². The van der Waals surface area contributed by atoms with E-state index in [2.05, 4.69) is 36.5 Å². The van der Waals surface area contributed by atoms with Gasteiger partial charge in [-0.3, -0.25) is 0 Å². The Kier molecular flexibility index (Phi) is 29.2. The molecule has 0 saturated heterocycles. The minimum Gasteiger partial charge on any atom is -0.449 e. The number of unbranched alkanes of at least 4 members (excludes halogenated alkanes) is 1. The van der Waals surface area contributed by atoms with Crippen LogP contribution in [0.1, 0.15) is 43.2 Å². The fourth-order valence-corrected chi connectivity index (χ4v) is 5.56. The van der Waals surface area contributed by atoms with Gasteiger partial charge in [0.2, 0.25) is 0 Å². The summed E-state index contributed by atoms with van der Waals surface area (Å²) in [6.45, 7) is 14.6. The molecule has 1 aliphatic rings. The van der Waals surface area contributed by atoms with E-state index < -0.39 is 6.09 Å². The Morgan fingerprint density at radius 2 is 0.750 bits per heavy atom. The maximum Gasteiger partial charge on any atom is 0.407 e. The molecule has 2 aromatic carbocycles. The number of amides is 1. The lowest BCUT2D eigenvalue weighted by molar-refractivity contribution is -0.0275. The van der Waals surface area contributed by atoms with Gasteiger partial charge in [0.15, 0.2) is 0 Å². The average molecular weight is 794 g/mol. The molecule has 0 spiro atoms. The Morgan fingerprint density at radius 3 is 1.09 bits per heavy atom. The summed E-state index contributed by atoms with van der Waals surface area (Å²) in [6.07, 6.45) is 2.50. The molecule has 0 fully saturated rings. The summed E-state index contributed by atoms with van der Waals surface area (Å²) in [5, 5.41) is 2.81. The largest absolute Gasteiger partial charge is 0.449 e. The van der Waals surface area contributed by atoms with Gasteiger partial charge in [0.25, 0.3) is 0 Å². The molecule has 14 nitrogen and oxygen atoms in total. The minimum atomic E-state index is -0.414. The first-order valence-electron chi connectivity index (χ1n) is 20.2. The van der Waals surface area contributed by atoms with Crippen molar-refractivity contribution in [1.82, 2.24) is 5.32 Å². The van der Waals surface area contributed by atoms with Gasteiger partial charge < -0.3 is 62.2 Å². The highest BCUT2D eigenvalue weighted by Crippen LogP contribution is 2.44. The van der Waals surface area contributed by atoms with Crippen molar-refractivity contribution in [2.45, 2.75) is 32.1 Å². The number of benzene rings is 2. The van der Waals surface area contributed by atoms with E-state index in [1.807, 2.05) is 24.3 Å². The molecule has 56 heavy (non-hydrogen) atoms. The van der Waals surface area contributed by atoms with Crippen LogP contribution in [0.3, 0.4) is 0 Å². The van der Waals surface area contributed by atoms with Crippen molar-refractivity contribution in [3.63, 3.8) is 0 Å². The zero-order chi connectivity index (χ0) is 39.4. The molecule has 0 bridgehead atoms. The lowest BCUT2D eigenvalue weighted by Crippen LogP contribution is -2.27. The third-order valence-corrected chi connectivity index (χ3v) is 8.44. The summed E-state index contributed by atoms with van der Waals surface area (Å²) in [5.74, 6) is 0.0499. The third kappa shape index (κ3) is 22.9. The van der Waals surface area contributed by atoms with Crippen molar-refractivity contribution >= 4 is 6.09 Å². The van der Waals surface area contributed by atoms with Crippen molar-refractivity contribution < 1.29 is 61.6 Å². The first kappa shape index (κ1) is 47.6. The van der Waals surface area contributed by atoms with E-state index in [1.54, 1.807) is 0 Å². The second kappa shape index (κ2) is 34.3. The van der Waals surface area contributed by atoms with Gasteiger partial charge in [-0.1, -0.05) is 61.9 Å². The summed E-state index contributed by atoms with van der Waals surface area (Å²) in [7, 11) is 0. The zero-order valence-corrected chi connectivity index (χ0v) is 33.6. The Bertz CT molecular complexity index is 1180. The van der Waals surface area contributed by atoms with Crippen LogP contribution in [0.25, 0.3) is 11.1 Å². The number of nitrogens with one attached hydrogen (secondary N) is 1. The van der Waals surface area contributed by atoms with Gasteiger partial charge in [0.05, 0.1) is 132 Å². The first-order valence-corrected chi connectivity index (χ1v) is 20.2. The molecular formula is C42H67NO13. The molecule has 0 radical (unpaired) electrons. The fraction of sp³-hybridized carbons (Fsp3) is 0.690. The normalized spacial score (nSPS) is 12.2. The molecular weight excluding hydrogens is 726 g/mol. The van der Waals surface area contributed by atoms with E-state index in [0.717, 1.165) is 19.4 Å². The quantitative estimate of drug-likeness (QED) is 0.0920. The third-order valence-electron chi connectivity index (χ3n) is 8.44. The Balaban J connectivity index is 0.936. The molecule has 0 aliphatic heterocycles. The fourth-order valence-electron chi connectivity index (χ4n) is 5.56. The molecule has 2 aromatic rings. The minimum absolute atomic E-state index is 0.0499. The van der Waals surface area contributed by atoms with Crippen molar-refractivity contribution in [3.8, 4) is 11.1 Å². The molecule has 318 valence electrons. The van der Waals surface area contributed by atoms with Crippen molar-refractivity contribution in [3.05, 3.63) is 59.7 Å². The number of rotatable bonds is 39. The van der Waals surface area contributed by atoms with Crippen LogP contribution in [0.15, 0.2) is 48.5 Å². The number of hydrogen-bond donors (Lipinski definition) is 1. The molecule has 0 heterocycles. The van der Waals surface area contributed by atoms with Crippen LogP contribution in [0.5, 0.6) is 0 Å². The zero-order valence-electron chi connectivity index (χ0n) is 33.6. The second-order valence-corrected chi connectivity index (χ2v) is 12.7. The summed E-state index contributed by atoms with van der Waals surface area (Å²) in [6, 6.07) is 16.6. The van der Waals surface area contributed by atoms with Crippen LogP contribution < -0.4 is 5.32 Å². The van der Waals surface area contributed by atoms with Crippen molar-refractivity contribution in [2.24, 2.45) is 0 Å². The Hall–Kier alpha value is -2.73. The molecule has 0 atom stereocenters. The number of ether oxygens (including phenoxy) is 12. The monoisotopic (exact) mass is 793 g/mol. The highest BCUT2D eigenvalue weighted by molar-refractivity contribution is 5.79. The average Bonchev–Trinajstić information content (AvgIpc) is 3.54. The SMILES string of the molecule is CCCCOCCOCCOCCOCCOCCOCCOCCOCCOCCOCCOCCCNC(=O)OCC1c2ccccc2-c2ccccc21. The van der Waals surface area contributed by atoms with Crippen LogP contribution in [0.4, 0.5) is 4.79 Å². The number of hydrogen-bond acceptors (Lipinski definition) is 13. The molecule has 1 N–H and O–H groups in total. The van der Waals surface area contributed by atoms with Crippen LogP contribution >= 0.6 is 0 Å². The predicted octanol–water partition coefficient (Wildman–Crippen LogP) is 4.90. The maximum absolute atomic E-state index is 12.3. The predicted molar refractivity (Wildman–Crippen MR) is 212 cm³/mol. The molecule has 1 aliphatic carbocycles. The van der Waals surface area contributed by atoms with Gasteiger partial charge in [-0.25, -0.2) is 4.79 Å². The number of carbonyl (C=O) groups is 1. The molecule has 0 aromatic heterocycles. The molecule has 14 heteroatoms. The second-order valence-electron chi connectivity index (χ2n) is 12.7. The molecule has 1 amide bonds. The lowest BCUT2D eigenvalue weighted by atomic mass is 9.98. The lowest BCUT2D eigenvalue weighted by Gasteiger charge is -2.14. The number of fused-ring (bicyclic) bond motifs is 3. The van der Waals surface area contributed by atoms with Gasteiger partial charge in [-0.05, 0) is 35.1 Å². The van der Waals surface area contributed by atoms with Gasteiger partial charge >= 0.3 is 6.09 Å². The summed E-state index contributed by atoms with van der Waals surface area (Å²) in [5.41, 5.74) is 4.81. The van der Waals surface area contributed by atoms with E-state index in [-0.39, 0.29) is 5.92 Å². The van der Waals surface area contributed by atoms with Gasteiger partial charge in [0, 0.05) is 25.7 Å². The summed E-state index contributed by atoms with van der Waals surface area (Å²) < 4.78 is 66.0. The van der Waals surface area contributed by atoms with E-state index in [0.29, 0.717) is 158 Å². The van der Waals surface area contributed by atoms with Crippen molar-refractivity contribution in [1.29, 1.82) is 0 Å². The topological polar surface area (TPSA) is 140 Å². The molecule has 3 rings (SSSR count). The number of alkyl carbamates (subject to hydrolysis) is 1. The Labute approximate surface area is 334 Å². The van der Waals surface area contributed by atoms with E-state index in [1.165, 1.54) is 22.3 Å². The van der Waals surface area contributed by atoms with Crippen LogP contribution in [-0.4, -0.2) is 165 Å². The van der Waals surface area contributed by atoms with Crippen LogP contribution in [-0.2, 0) is 56.8 Å². The molecule has 0 unspecified atom stereocenters. The smallest absolute Gasteiger partial charge is 0.407 e. The maximum atomic E-state index is 12.3. The van der Waals surface area contributed by atoms with E-state index >= 15 is 0 Å². The standard InChI is InChI=1S/C42H67NO13/c1-2-3-14-45-16-18-47-20-22-49-24-26-51-28-30-53-32-34-55-35-33-54-31-29-52-27-25-50-23-21-48-19-17-46-15-8-13-43-42(44)56-36-41-39-11-6-4-9-37(39)38-10-5-7-12-40(38)41/h4-7,9-12,41H,2-3,8,13-36H2,1H3,(H,43,44).